The van der Waals surface area contributed by atoms with Gasteiger partial charge < -0.3 is 4.57 Å². The molecule has 0 radical (unpaired) electrons. The Balaban J connectivity index is 1.71. The Hall–Kier alpha value is -0.440. The summed E-state index contributed by atoms with van der Waals surface area (Å²) in [6, 6.07) is 0.667. The van der Waals surface area contributed by atoms with E-state index in [1.54, 1.807) is 0 Å². The SMILES string of the molecule is CC1CCCc2nc(CC3CCCSC3)cn21. The Morgan fingerprint density at radius 2 is 2.35 bits per heavy atom. The Bertz CT molecular complexity index is 380. The van der Waals surface area contributed by atoms with Crippen molar-refractivity contribution in [3.05, 3.63) is 17.7 Å². The first-order valence-electron chi connectivity index (χ1n) is 6.97. The number of aryl methyl sites for hydroxylation is 1. The van der Waals surface area contributed by atoms with Gasteiger partial charge in [0.1, 0.15) is 5.82 Å². The molecule has 2 nitrogen and oxygen atoms in total. The van der Waals surface area contributed by atoms with E-state index in [0.29, 0.717) is 6.04 Å². The molecule has 3 rings (SSSR count). The molecule has 2 unspecified atom stereocenters. The van der Waals surface area contributed by atoms with Gasteiger partial charge >= 0.3 is 0 Å². The maximum Gasteiger partial charge on any atom is 0.109 e. The molecule has 0 aromatic carbocycles. The summed E-state index contributed by atoms with van der Waals surface area (Å²) in [7, 11) is 0. The number of thioether (sulfide) groups is 1. The fourth-order valence-corrected chi connectivity index (χ4v) is 4.27. The standard InChI is InChI=1S/C14H22N2S/c1-11-4-2-6-14-15-13(9-16(11)14)8-12-5-3-7-17-10-12/h9,11-12H,2-8,10H2,1H3. The lowest BCUT2D eigenvalue weighted by molar-refractivity contribution is 0.425. The van der Waals surface area contributed by atoms with Gasteiger partial charge in [-0.05, 0) is 56.5 Å². The maximum atomic E-state index is 4.85. The van der Waals surface area contributed by atoms with Crippen LogP contribution in [0, 0.1) is 5.92 Å². The average Bonchev–Trinajstić information content (AvgIpc) is 2.74. The molecule has 2 aliphatic rings. The van der Waals surface area contributed by atoms with Crippen molar-refractivity contribution in [2.45, 2.75) is 51.5 Å². The molecule has 3 heteroatoms. The van der Waals surface area contributed by atoms with Crippen LogP contribution in [0.3, 0.4) is 0 Å². The molecule has 0 saturated carbocycles. The molecule has 0 spiro atoms. The van der Waals surface area contributed by atoms with Crippen LogP contribution in [0.2, 0.25) is 0 Å². The van der Waals surface area contributed by atoms with Gasteiger partial charge in [-0.15, -0.1) is 0 Å². The summed E-state index contributed by atoms with van der Waals surface area (Å²) in [6.07, 6.45) is 10.2. The van der Waals surface area contributed by atoms with Crippen LogP contribution in [0.4, 0.5) is 0 Å². The molecule has 94 valence electrons. The monoisotopic (exact) mass is 250 g/mol. The van der Waals surface area contributed by atoms with Gasteiger partial charge in [0.2, 0.25) is 0 Å². The van der Waals surface area contributed by atoms with E-state index in [9.17, 15) is 0 Å². The van der Waals surface area contributed by atoms with Gasteiger partial charge in [0.25, 0.3) is 0 Å². The lowest BCUT2D eigenvalue weighted by Gasteiger charge is -2.21. The number of hydrogen-bond donors (Lipinski definition) is 0. The fraction of sp³-hybridized carbons (Fsp3) is 0.786. The van der Waals surface area contributed by atoms with E-state index >= 15 is 0 Å². The average molecular weight is 250 g/mol. The summed E-state index contributed by atoms with van der Waals surface area (Å²) in [6.45, 7) is 2.32. The summed E-state index contributed by atoms with van der Waals surface area (Å²) in [5, 5.41) is 0. The van der Waals surface area contributed by atoms with Crippen LogP contribution in [0.5, 0.6) is 0 Å². The van der Waals surface area contributed by atoms with E-state index in [1.807, 2.05) is 0 Å². The smallest absolute Gasteiger partial charge is 0.109 e. The summed E-state index contributed by atoms with van der Waals surface area (Å²) in [5.74, 6) is 4.92. The van der Waals surface area contributed by atoms with Gasteiger partial charge in [0.05, 0.1) is 5.69 Å². The molecule has 1 aromatic rings. The van der Waals surface area contributed by atoms with Crippen LogP contribution >= 0.6 is 11.8 Å². The third-order valence-electron chi connectivity index (χ3n) is 4.11. The number of rotatable bonds is 2. The molecule has 1 fully saturated rings. The molecule has 3 heterocycles. The van der Waals surface area contributed by atoms with Gasteiger partial charge in [-0.2, -0.15) is 11.8 Å². The molecule has 17 heavy (non-hydrogen) atoms. The van der Waals surface area contributed by atoms with E-state index in [1.165, 1.54) is 61.5 Å². The third-order valence-corrected chi connectivity index (χ3v) is 5.39. The van der Waals surface area contributed by atoms with Crippen molar-refractivity contribution in [3.63, 3.8) is 0 Å². The van der Waals surface area contributed by atoms with E-state index in [4.69, 9.17) is 4.98 Å². The Kier molecular flexibility index (Phi) is 3.46. The molecule has 2 atom stereocenters. The zero-order chi connectivity index (χ0) is 11.7. The minimum atomic E-state index is 0.667. The number of nitrogens with zero attached hydrogens (tertiary/aromatic N) is 2. The number of aromatic nitrogens is 2. The van der Waals surface area contributed by atoms with Crippen LogP contribution in [0.25, 0.3) is 0 Å². The molecule has 0 N–H and O–H groups in total. The highest BCUT2D eigenvalue weighted by molar-refractivity contribution is 7.99. The molecule has 2 aliphatic heterocycles. The maximum absolute atomic E-state index is 4.85. The summed E-state index contributed by atoms with van der Waals surface area (Å²) >= 11 is 2.12. The lowest BCUT2D eigenvalue weighted by Crippen LogP contribution is -2.14. The van der Waals surface area contributed by atoms with Crippen LogP contribution in [-0.2, 0) is 12.8 Å². The molecule has 0 amide bonds. The van der Waals surface area contributed by atoms with Crippen molar-refractivity contribution in [2.24, 2.45) is 5.92 Å². The Morgan fingerprint density at radius 3 is 3.12 bits per heavy atom. The summed E-state index contributed by atoms with van der Waals surface area (Å²) < 4.78 is 2.43. The molecular weight excluding hydrogens is 228 g/mol. The quantitative estimate of drug-likeness (QED) is 0.800. The second kappa shape index (κ2) is 5.05. The predicted octanol–water partition coefficient (Wildman–Crippen LogP) is 3.47. The first-order valence-corrected chi connectivity index (χ1v) is 8.13. The van der Waals surface area contributed by atoms with E-state index < -0.39 is 0 Å². The topological polar surface area (TPSA) is 17.8 Å². The van der Waals surface area contributed by atoms with Crippen LogP contribution < -0.4 is 0 Å². The molecule has 1 saturated heterocycles. The first-order chi connectivity index (χ1) is 8.33. The zero-order valence-electron chi connectivity index (χ0n) is 10.7. The number of fused-ring (bicyclic) bond motifs is 1. The highest BCUT2D eigenvalue weighted by atomic mass is 32.2. The predicted molar refractivity (Wildman–Crippen MR) is 73.6 cm³/mol. The van der Waals surface area contributed by atoms with Gasteiger partial charge in [0, 0.05) is 18.7 Å². The van der Waals surface area contributed by atoms with Crippen molar-refractivity contribution in [1.82, 2.24) is 9.55 Å². The number of hydrogen-bond acceptors (Lipinski definition) is 2. The Labute approximate surface area is 108 Å². The minimum absolute atomic E-state index is 0.667. The van der Waals surface area contributed by atoms with Crippen molar-refractivity contribution in [3.8, 4) is 0 Å². The van der Waals surface area contributed by atoms with Crippen molar-refractivity contribution in [1.29, 1.82) is 0 Å². The van der Waals surface area contributed by atoms with Gasteiger partial charge in [0.15, 0.2) is 0 Å². The molecule has 0 bridgehead atoms. The van der Waals surface area contributed by atoms with Crippen molar-refractivity contribution >= 4 is 11.8 Å². The molecule has 1 aromatic heterocycles. The lowest BCUT2D eigenvalue weighted by atomic mass is 10.00. The third kappa shape index (κ3) is 2.54. The van der Waals surface area contributed by atoms with E-state index in [0.717, 1.165) is 5.92 Å². The minimum Gasteiger partial charge on any atom is -0.332 e. The zero-order valence-corrected chi connectivity index (χ0v) is 11.5. The normalized spacial score (nSPS) is 29.0. The fourth-order valence-electron chi connectivity index (χ4n) is 3.11. The van der Waals surface area contributed by atoms with Gasteiger partial charge in [-0.25, -0.2) is 4.98 Å². The second-order valence-corrected chi connectivity index (χ2v) is 6.73. The van der Waals surface area contributed by atoms with Gasteiger partial charge in [-0.1, -0.05) is 0 Å². The van der Waals surface area contributed by atoms with Crippen molar-refractivity contribution in [2.75, 3.05) is 11.5 Å². The largest absolute Gasteiger partial charge is 0.332 e. The van der Waals surface area contributed by atoms with Crippen molar-refractivity contribution < 1.29 is 0 Å². The molecular formula is C14H22N2S. The number of imidazole rings is 1. The Morgan fingerprint density at radius 1 is 1.41 bits per heavy atom. The summed E-state index contributed by atoms with van der Waals surface area (Å²) in [5.41, 5.74) is 1.35. The van der Waals surface area contributed by atoms with E-state index in [2.05, 4.69) is 29.4 Å². The first kappa shape index (κ1) is 11.6. The highest BCUT2D eigenvalue weighted by Gasteiger charge is 2.20. The van der Waals surface area contributed by atoms with Crippen LogP contribution in [0.1, 0.15) is 50.2 Å². The van der Waals surface area contributed by atoms with Crippen LogP contribution in [0.15, 0.2) is 6.20 Å². The summed E-state index contributed by atoms with van der Waals surface area (Å²) in [4.78, 5) is 4.85. The highest BCUT2D eigenvalue weighted by Crippen LogP contribution is 2.28. The van der Waals surface area contributed by atoms with Gasteiger partial charge in [-0.3, -0.25) is 0 Å². The van der Waals surface area contributed by atoms with Crippen LogP contribution in [-0.4, -0.2) is 21.1 Å². The molecule has 0 aliphatic carbocycles. The van der Waals surface area contributed by atoms with E-state index in [-0.39, 0.29) is 0 Å². The second-order valence-electron chi connectivity index (χ2n) is 5.58.